The van der Waals surface area contributed by atoms with E-state index in [1.54, 1.807) is 0 Å². The topological polar surface area (TPSA) is 16.4 Å². The summed E-state index contributed by atoms with van der Waals surface area (Å²) in [5, 5.41) is 4.78. The van der Waals surface area contributed by atoms with Crippen LogP contribution in [0.4, 0.5) is 17.1 Å². The fraction of sp³-hybridized carbons (Fsp3) is 0. The Balaban J connectivity index is 1.20. The molecule has 2 nitrogen and oxygen atoms in total. The summed E-state index contributed by atoms with van der Waals surface area (Å²) in [5.41, 5.74) is 12.1. The number of rotatable bonds is 6. The predicted molar refractivity (Wildman–Crippen MR) is 218 cm³/mol. The molecule has 8 aromatic carbocycles. The standard InChI is InChI=1S/C48H31NOS/c1-3-13-32(14-4-1)37-17-7-8-18-38(37)34-23-25-35(26-24-34)49(36-27-28-41-40-19-10-12-22-45(40)51-46(41)31-36)43-30-29-39(33-15-5-2-6-16-33)48-47(43)42-20-9-11-21-44(42)50-48/h1-31H. The van der Waals surface area contributed by atoms with Crippen LogP contribution in [-0.4, -0.2) is 0 Å². The van der Waals surface area contributed by atoms with Crippen LogP contribution in [0.3, 0.4) is 0 Å². The lowest BCUT2D eigenvalue weighted by molar-refractivity contribution is 0.670. The average Bonchev–Trinajstić information content (AvgIpc) is 3.78. The van der Waals surface area contributed by atoms with Crippen molar-refractivity contribution in [1.82, 2.24) is 0 Å². The molecule has 0 atom stereocenters. The lowest BCUT2D eigenvalue weighted by atomic mass is 9.94. The van der Waals surface area contributed by atoms with Crippen LogP contribution < -0.4 is 4.90 Å². The Morgan fingerprint density at radius 2 is 0.961 bits per heavy atom. The molecule has 0 unspecified atom stereocenters. The van der Waals surface area contributed by atoms with Gasteiger partial charge in [-0.25, -0.2) is 0 Å². The second-order valence-electron chi connectivity index (χ2n) is 12.9. The Bertz CT molecular complexity index is 2850. The molecule has 10 aromatic rings. The average molecular weight is 670 g/mol. The van der Waals surface area contributed by atoms with Crippen LogP contribution in [0.15, 0.2) is 192 Å². The lowest BCUT2D eigenvalue weighted by Gasteiger charge is -2.27. The van der Waals surface area contributed by atoms with E-state index in [0.717, 1.165) is 50.1 Å². The van der Waals surface area contributed by atoms with Crippen molar-refractivity contribution in [3.8, 4) is 33.4 Å². The van der Waals surface area contributed by atoms with Crippen molar-refractivity contribution in [2.45, 2.75) is 0 Å². The molecule has 0 amide bonds. The van der Waals surface area contributed by atoms with Crippen LogP contribution in [0.25, 0.3) is 75.5 Å². The number of furan rings is 1. The lowest BCUT2D eigenvalue weighted by Crippen LogP contribution is -2.10. The minimum Gasteiger partial charge on any atom is -0.455 e. The first kappa shape index (κ1) is 29.5. The number of nitrogens with zero attached hydrogens (tertiary/aromatic N) is 1. The van der Waals surface area contributed by atoms with Crippen molar-refractivity contribution in [3.05, 3.63) is 188 Å². The fourth-order valence-electron chi connectivity index (χ4n) is 7.52. The Labute approximate surface area is 300 Å². The number of fused-ring (bicyclic) bond motifs is 6. The predicted octanol–water partition coefficient (Wildman–Crippen LogP) is 14.4. The van der Waals surface area contributed by atoms with Gasteiger partial charge in [0.05, 0.1) is 11.1 Å². The van der Waals surface area contributed by atoms with E-state index in [4.69, 9.17) is 4.42 Å². The maximum Gasteiger partial charge on any atom is 0.145 e. The summed E-state index contributed by atoms with van der Waals surface area (Å²) in [6.07, 6.45) is 0. The van der Waals surface area contributed by atoms with E-state index in [9.17, 15) is 0 Å². The van der Waals surface area contributed by atoms with Gasteiger partial charge in [-0.05, 0) is 76.3 Å². The van der Waals surface area contributed by atoms with Gasteiger partial charge in [0.2, 0.25) is 0 Å². The van der Waals surface area contributed by atoms with Crippen molar-refractivity contribution in [1.29, 1.82) is 0 Å². The normalized spacial score (nSPS) is 11.5. The summed E-state index contributed by atoms with van der Waals surface area (Å²) in [7, 11) is 0. The Morgan fingerprint density at radius 3 is 1.71 bits per heavy atom. The molecule has 3 heteroatoms. The van der Waals surface area contributed by atoms with Crippen LogP contribution >= 0.6 is 11.3 Å². The summed E-state index contributed by atoms with van der Waals surface area (Å²) >= 11 is 1.85. The molecule has 2 aromatic heterocycles. The Kier molecular flexibility index (Phi) is 7.04. The van der Waals surface area contributed by atoms with E-state index in [-0.39, 0.29) is 0 Å². The smallest absolute Gasteiger partial charge is 0.145 e. The molecule has 0 saturated heterocycles. The number of hydrogen-bond acceptors (Lipinski definition) is 3. The van der Waals surface area contributed by atoms with Gasteiger partial charge in [-0.1, -0.05) is 140 Å². The van der Waals surface area contributed by atoms with Crippen molar-refractivity contribution in [2.24, 2.45) is 0 Å². The summed E-state index contributed by atoms with van der Waals surface area (Å²) in [5.74, 6) is 0. The zero-order valence-corrected chi connectivity index (χ0v) is 28.5. The molecule has 0 saturated carbocycles. The second kappa shape index (κ2) is 12.2. The van der Waals surface area contributed by atoms with E-state index < -0.39 is 0 Å². The zero-order valence-electron chi connectivity index (χ0n) is 27.7. The minimum absolute atomic E-state index is 0.880. The summed E-state index contributed by atoms with van der Waals surface area (Å²) in [6.45, 7) is 0. The quantitative estimate of drug-likeness (QED) is 0.175. The van der Waals surface area contributed by atoms with Crippen molar-refractivity contribution in [2.75, 3.05) is 4.90 Å². The zero-order chi connectivity index (χ0) is 33.7. The van der Waals surface area contributed by atoms with Crippen LogP contribution in [0, 0.1) is 0 Å². The van der Waals surface area contributed by atoms with E-state index in [0.29, 0.717) is 0 Å². The van der Waals surface area contributed by atoms with Crippen LogP contribution in [0.2, 0.25) is 0 Å². The minimum atomic E-state index is 0.880. The molecule has 0 fully saturated rings. The maximum absolute atomic E-state index is 6.72. The summed E-state index contributed by atoms with van der Waals surface area (Å²) < 4.78 is 9.28. The fourth-order valence-corrected chi connectivity index (χ4v) is 8.66. The Hall–Kier alpha value is -6.42. The van der Waals surface area contributed by atoms with Crippen molar-refractivity contribution < 1.29 is 4.42 Å². The molecule has 0 radical (unpaired) electrons. The third-order valence-corrected chi connectivity index (χ3v) is 11.0. The molecule has 10 rings (SSSR count). The maximum atomic E-state index is 6.72. The van der Waals surface area contributed by atoms with Gasteiger partial charge < -0.3 is 9.32 Å². The Morgan fingerprint density at radius 1 is 0.392 bits per heavy atom. The van der Waals surface area contributed by atoms with Gasteiger partial charge >= 0.3 is 0 Å². The third-order valence-electron chi connectivity index (χ3n) is 9.90. The number of thiophene rings is 1. The van der Waals surface area contributed by atoms with Crippen molar-refractivity contribution in [3.63, 3.8) is 0 Å². The van der Waals surface area contributed by atoms with Crippen LogP contribution in [0.1, 0.15) is 0 Å². The van der Waals surface area contributed by atoms with Crippen molar-refractivity contribution >= 4 is 70.5 Å². The van der Waals surface area contributed by atoms with E-state index in [1.807, 2.05) is 17.4 Å². The molecular formula is C48H31NOS. The molecule has 0 spiro atoms. The SMILES string of the molecule is c1ccc(-c2ccccc2-c2ccc(N(c3ccc4c(c3)sc3ccccc34)c3ccc(-c4ccccc4)c4oc5ccccc5c34)cc2)cc1. The van der Waals surface area contributed by atoms with Gasteiger partial charge in [0.15, 0.2) is 0 Å². The monoisotopic (exact) mass is 669 g/mol. The highest BCUT2D eigenvalue weighted by Crippen LogP contribution is 2.47. The molecule has 51 heavy (non-hydrogen) atoms. The number of para-hydroxylation sites is 1. The highest BCUT2D eigenvalue weighted by molar-refractivity contribution is 7.25. The van der Waals surface area contributed by atoms with Crippen LogP contribution in [-0.2, 0) is 0 Å². The molecule has 0 aliphatic heterocycles. The van der Waals surface area contributed by atoms with E-state index in [1.165, 1.54) is 42.4 Å². The second-order valence-corrected chi connectivity index (χ2v) is 14.0. The van der Waals surface area contributed by atoms with E-state index in [2.05, 4.69) is 187 Å². The molecule has 2 heterocycles. The summed E-state index contributed by atoms with van der Waals surface area (Å²) in [4.78, 5) is 2.40. The number of hydrogen-bond donors (Lipinski definition) is 0. The molecule has 0 N–H and O–H groups in total. The first-order chi connectivity index (χ1) is 25.3. The molecule has 0 bridgehead atoms. The van der Waals surface area contributed by atoms with Gasteiger partial charge in [0.25, 0.3) is 0 Å². The van der Waals surface area contributed by atoms with Gasteiger partial charge in [-0.3, -0.25) is 0 Å². The number of anilines is 3. The molecule has 0 aliphatic rings. The highest BCUT2D eigenvalue weighted by Gasteiger charge is 2.23. The molecular weight excluding hydrogens is 639 g/mol. The third kappa shape index (κ3) is 5.01. The van der Waals surface area contributed by atoms with Gasteiger partial charge in [-0.15, -0.1) is 11.3 Å². The van der Waals surface area contributed by atoms with Crippen LogP contribution in [0.5, 0.6) is 0 Å². The van der Waals surface area contributed by atoms with Gasteiger partial charge in [0.1, 0.15) is 11.2 Å². The molecule has 240 valence electrons. The van der Waals surface area contributed by atoms with Gasteiger partial charge in [0, 0.05) is 42.5 Å². The molecule has 0 aliphatic carbocycles. The highest BCUT2D eigenvalue weighted by atomic mass is 32.1. The largest absolute Gasteiger partial charge is 0.455 e. The number of benzene rings is 8. The summed E-state index contributed by atoms with van der Waals surface area (Å²) in [6, 6.07) is 67.3. The first-order valence-electron chi connectivity index (χ1n) is 17.3. The van der Waals surface area contributed by atoms with Gasteiger partial charge in [-0.2, -0.15) is 0 Å². The van der Waals surface area contributed by atoms with E-state index >= 15 is 0 Å². The first-order valence-corrected chi connectivity index (χ1v) is 18.1.